The molecule has 4 rings (SSSR count). The Balaban J connectivity index is 1.47. The van der Waals surface area contributed by atoms with Crippen LogP contribution in [0.15, 0.2) is 48.8 Å². The molecule has 3 aromatic heterocycles. The van der Waals surface area contributed by atoms with E-state index in [1.54, 1.807) is 34.4 Å². The minimum absolute atomic E-state index is 0.205. The highest BCUT2D eigenvalue weighted by molar-refractivity contribution is 7.15. The number of thiazole rings is 1. The maximum atomic E-state index is 12.5. The number of hydrogen-bond acceptors (Lipinski definition) is 6. The molecule has 0 fully saturated rings. The standard InChI is InChI=1S/C19H18N6OS/c1-2-25-16-15(24-19(25)20)8-13(9-21-16)17(26)22-10-14-11-23-18(27-14)12-6-4-3-5-7-12/h3-9,11H,2,10H2,1H3,(H2,20,24)(H,22,26). The van der Waals surface area contributed by atoms with E-state index in [1.165, 1.54) is 0 Å². The lowest BCUT2D eigenvalue weighted by Gasteiger charge is -2.04. The molecule has 3 heterocycles. The molecular weight excluding hydrogens is 360 g/mol. The zero-order chi connectivity index (χ0) is 18.8. The normalized spacial score (nSPS) is 11.0. The van der Waals surface area contributed by atoms with Crippen LogP contribution in [0, 0.1) is 0 Å². The minimum Gasteiger partial charge on any atom is -0.369 e. The van der Waals surface area contributed by atoms with Crippen LogP contribution in [0.25, 0.3) is 21.7 Å². The van der Waals surface area contributed by atoms with E-state index < -0.39 is 0 Å². The van der Waals surface area contributed by atoms with Gasteiger partial charge >= 0.3 is 0 Å². The number of nitrogens with two attached hydrogens (primary N) is 1. The molecule has 0 radical (unpaired) electrons. The number of aryl methyl sites for hydroxylation is 1. The third-order valence-electron chi connectivity index (χ3n) is 4.19. The summed E-state index contributed by atoms with van der Waals surface area (Å²) in [6.07, 6.45) is 3.34. The van der Waals surface area contributed by atoms with Gasteiger partial charge in [-0.25, -0.2) is 15.0 Å². The van der Waals surface area contributed by atoms with Gasteiger partial charge in [0.25, 0.3) is 5.91 Å². The smallest absolute Gasteiger partial charge is 0.253 e. The Kier molecular flexibility index (Phi) is 4.55. The van der Waals surface area contributed by atoms with E-state index in [4.69, 9.17) is 5.73 Å². The van der Waals surface area contributed by atoms with Crippen molar-refractivity contribution in [1.82, 2.24) is 24.8 Å². The SMILES string of the molecule is CCn1c(N)nc2cc(C(=O)NCc3cnc(-c4ccccc4)s3)cnc21. The van der Waals surface area contributed by atoms with E-state index in [2.05, 4.69) is 20.3 Å². The topological polar surface area (TPSA) is 98.7 Å². The fraction of sp³-hybridized carbons (Fsp3) is 0.158. The van der Waals surface area contributed by atoms with Crippen LogP contribution in [0.3, 0.4) is 0 Å². The van der Waals surface area contributed by atoms with Crippen molar-refractivity contribution in [3.8, 4) is 10.6 Å². The van der Waals surface area contributed by atoms with Crippen LogP contribution in [0.5, 0.6) is 0 Å². The Hall–Kier alpha value is -3.26. The van der Waals surface area contributed by atoms with Crippen LogP contribution >= 0.6 is 11.3 Å². The monoisotopic (exact) mass is 378 g/mol. The Morgan fingerprint density at radius 2 is 2.04 bits per heavy atom. The van der Waals surface area contributed by atoms with Gasteiger partial charge in [0.05, 0.1) is 12.1 Å². The van der Waals surface area contributed by atoms with Crippen molar-refractivity contribution in [1.29, 1.82) is 0 Å². The van der Waals surface area contributed by atoms with Gasteiger partial charge in [-0.15, -0.1) is 11.3 Å². The zero-order valence-electron chi connectivity index (χ0n) is 14.7. The molecule has 0 aliphatic rings. The molecule has 8 heteroatoms. The summed E-state index contributed by atoms with van der Waals surface area (Å²) >= 11 is 1.56. The van der Waals surface area contributed by atoms with Gasteiger partial charge in [-0.05, 0) is 13.0 Å². The molecule has 0 aliphatic carbocycles. The van der Waals surface area contributed by atoms with E-state index in [9.17, 15) is 4.79 Å². The van der Waals surface area contributed by atoms with Gasteiger partial charge in [0.1, 0.15) is 10.5 Å². The van der Waals surface area contributed by atoms with Gasteiger partial charge in [0.2, 0.25) is 5.95 Å². The van der Waals surface area contributed by atoms with Crippen molar-refractivity contribution in [2.75, 3.05) is 5.73 Å². The second kappa shape index (κ2) is 7.16. The van der Waals surface area contributed by atoms with Crippen molar-refractivity contribution in [2.24, 2.45) is 0 Å². The number of nitrogens with zero attached hydrogens (tertiary/aromatic N) is 4. The van der Waals surface area contributed by atoms with Crippen LogP contribution in [-0.4, -0.2) is 25.4 Å². The summed E-state index contributed by atoms with van der Waals surface area (Å²) in [7, 11) is 0. The highest BCUT2D eigenvalue weighted by atomic mass is 32.1. The number of hydrogen-bond donors (Lipinski definition) is 2. The molecule has 0 atom stereocenters. The first-order chi connectivity index (χ1) is 13.2. The lowest BCUT2D eigenvalue weighted by atomic mass is 10.2. The maximum Gasteiger partial charge on any atom is 0.253 e. The molecule has 0 saturated heterocycles. The highest BCUT2D eigenvalue weighted by Gasteiger charge is 2.13. The summed E-state index contributed by atoms with van der Waals surface area (Å²) in [5.41, 5.74) is 8.70. The summed E-state index contributed by atoms with van der Waals surface area (Å²) < 4.78 is 1.81. The second-order valence-electron chi connectivity index (χ2n) is 5.96. The van der Waals surface area contributed by atoms with Crippen molar-refractivity contribution in [3.63, 3.8) is 0 Å². The quantitative estimate of drug-likeness (QED) is 0.556. The first-order valence-electron chi connectivity index (χ1n) is 8.55. The number of carbonyl (C=O) groups excluding carboxylic acids is 1. The summed E-state index contributed by atoms with van der Waals surface area (Å²) in [4.78, 5) is 26.5. The van der Waals surface area contributed by atoms with Crippen LogP contribution < -0.4 is 11.1 Å². The largest absolute Gasteiger partial charge is 0.369 e. The molecule has 4 aromatic rings. The molecule has 1 amide bonds. The molecule has 3 N–H and O–H groups in total. The predicted octanol–water partition coefficient (Wildman–Crippen LogP) is 3.09. The van der Waals surface area contributed by atoms with Crippen molar-refractivity contribution in [3.05, 3.63) is 59.2 Å². The number of fused-ring (bicyclic) bond motifs is 1. The Labute approximate surface area is 159 Å². The molecule has 27 heavy (non-hydrogen) atoms. The highest BCUT2D eigenvalue weighted by Crippen LogP contribution is 2.24. The van der Waals surface area contributed by atoms with Gasteiger partial charge in [0, 0.05) is 29.4 Å². The number of nitrogen functional groups attached to an aromatic ring is 1. The molecule has 7 nitrogen and oxygen atoms in total. The van der Waals surface area contributed by atoms with Crippen molar-refractivity contribution < 1.29 is 4.79 Å². The number of rotatable bonds is 5. The molecular formula is C19H18N6OS. The zero-order valence-corrected chi connectivity index (χ0v) is 15.5. The third-order valence-corrected chi connectivity index (χ3v) is 5.24. The number of imidazole rings is 1. The number of pyridine rings is 1. The van der Waals surface area contributed by atoms with E-state index in [-0.39, 0.29) is 5.91 Å². The van der Waals surface area contributed by atoms with Gasteiger partial charge in [-0.1, -0.05) is 30.3 Å². The van der Waals surface area contributed by atoms with Crippen LogP contribution in [-0.2, 0) is 13.1 Å². The number of aromatic nitrogens is 4. The Morgan fingerprint density at radius 3 is 2.81 bits per heavy atom. The molecule has 0 bridgehead atoms. The Morgan fingerprint density at radius 1 is 1.22 bits per heavy atom. The van der Waals surface area contributed by atoms with Gasteiger partial charge < -0.3 is 11.1 Å². The van der Waals surface area contributed by atoms with Crippen LogP contribution in [0.4, 0.5) is 5.95 Å². The third kappa shape index (κ3) is 3.39. The molecule has 0 unspecified atom stereocenters. The lowest BCUT2D eigenvalue weighted by molar-refractivity contribution is 0.0951. The molecule has 1 aromatic carbocycles. The number of anilines is 1. The second-order valence-corrected chi connectivity index (χ2v) is 7.08. The molecule has 0 saturated carbocycles. The van der Waals surface area contributed by atoms with Gasteiger partial charge in [-0.3, -0.25) is 9.36 Å². The van der Waals surface area contributed by atoms with Gasteiger partial charge in [0.15, 0.2) is 5.65 Å². The van der Waals surface area contributed by atoms with Crippen LogP contribution in [0.2, 0.25) is 0 Å². The lowest BCUT2D eigenvalue weighted by Crippen LogP contribution is -2.22. The first kappa shape index (κ1) is 17.2. The summed E-state index contributed by atoms with van der Waals surface area (Å²) in [5, 5.41) is 3.84. The fourth-order valence-corrected chi connectivity index (χ4v) is 3.69. The summed E-state index contributed by atoms with van der Waals surface area (Å²) in [5.74, 6) is 0.194. The number of benzene rings is 1. The van der Waals surface area contributed by atoms with Crippen molar-refractivity contribution >= 4 is 34.4 Å². The maximum absolute atomic E-state index is 12.5. The van der Waals surface area contributed by atoms with Crippen molar-refractivity contribution in [2.45, 2.75) is 20.0 Å². The Bertz CT molecular complexity index is 1100. The van der Waals surface area contributed by atoms with E-state index >= 15 is 0 Å². The number of carbonyl (C=O) groups is 1. The molecule has 0 spiro atoms. The average molecular weight is 378 g/mol. The summed E-state index contributed by atoms with van der Waals surface area (Å²) in [6.45, 7) is 3.06. The van der Waals surface area contributed by atoms with Gasteiger partial charge in [-0.2, -0.15) is 0 Å². The molecule has 0 aliphatic heterocycles. The van der Waals surface area contributed by atoms with E-state index in [1.807, 2.05) is 37.3 Å². The first-order valence-corrected chi connectivity index (χ1v) is 9.37. The number of amides is 1. The van der Waals surface area contributed by atoms with E-state index in [0.717, 1.165) is 15.4 Å². The van der Waals surface area contributed by atoms with E-state index in [0.29, 0.717) is 35.8 Å². The number of nitrogens with one attached hydrogen (secondary N) is 1. The minimum atomic E-state index is -0.205. The molecule has 136 valence electrons. The summed E-state index contributed by atoms with van der Waals surface area (Å²) in [6, 6.07) is 11.7. The fourth-order valence-electron chi connectivity index (χ4n) is 2.84. The average Bonchev–Trinajstić information content (AvgIpc) is 3.29. The predicted molar refractivity (Wildman–Crippen MR) is 106 cm³/mol. The van der Waals surface area contributed by atoms with Crippen LogP contribution in [0.1, 0.15) is 22.2 Å².